The summed E-state index contributed by atoms with van der Waals surface area (Å²) in [5.74, 6) is 0.415. The molecule has 0 bridgehead atoms. The molecule has 4 atom stereocenters. The first-order valence-corrected chi connectivity index (χ1v) is 7.13. The Hall–Kier alpha value is -0.570. The molecule has 4 unspecified atom stereocenters. The zero-order valence-electron chi connectivity index (χ0n) is 11.1. The third kappa shape index (κ3) is 2.49. The molecule has 1 saturated carbocycles. The summed E-state index contributed by atoms with van der Waals surface area (Å²) in [4.78, 5) is 13.7. The van der Waals surface area contributed by atoms with Gasteiger partial charge in [0, 0.05) is 6.04 Å². The average molecular weight is 239 g/mol. The van der Waals surface area contributed by atoms with Crippen LogP contribution in [0.2, 0.25) is 0 Å². The van der Waals surface area contributed by atoms with Crippen molar-refractivity contribution in [3.63, 3.8) is 0 Å². The third-order valence-electron chi connectivity index (χ3n) is 4.81. The van der Waals surface area contributed by atoms with Crippen LogP contribution in [-0.2, 0) is 4.79 Å². The van der Waals surface area contributed by atoms with Crippen LogP contribution >= 0.6 is 0 Å². The SMILES string of the molecule is CCC1CCCCC1N1CCC(C)C1C(=O)O. The molecular formula is C14H25NO2. The maximum atomic E-state index is 11.4. The lowest BCUT2D eigenvalue weighted by molar-refractivity contribution is -0.145. The molecule has 1 N–H and O–H groups in total. The van der Waals surface area contributed by atoms with Crippen molar-refractivity contribution < 1.29 is 9.90 Å². The number of likely N-dealkylation sites (tertiary alicyclic amines) is 1. The van der Waals surface area contributed by atoms with Gasteiger partial charge >= 0.3 is 5.97 Å². The van der Waals surface area contributed by atoms with Gasteiger partial charge in [-0.2, -0.15) is 0 Å². The lowest BCUT2D eigenvalue weighted by atomic mass is 9.81. The Morgan fingerprint density at radius 1 is 1.29 bits per heavy atom. The van der Waals surface area contributed by atoms with Gasteiger partial charge in [0.15, 0.2) is 0 Å². The van der Waals surface area contributed by atoms with Crippen LogP contribution in [0.4, 0.5) is 0 Å². The molecular weight excluding hydrogens is 214 g/mol. The summed E-state index contributed by atoms with van der Waals surface area (Å²) in [5, 5.41) is 9.40. The minimum Gasteiger partial charge on any atom is -0.480 e. The molecule has 2 rings (SSSR count). The van der Waals surface area contributed by atoms with Crippen molar-refractivity contribution in [3.8, 4) is 0 Å². The molecule has 17 heavy (non-hydrogen) atoms. The van der Waals surface area contributed by atoms with E-state index >= 15 is 0 Å². The van der Waals surface area contributed by atoms with E-state index in [1.807, 2.05) is 0 Å². The molecule has 3 heteroatoms. The van der Waals surface area contributed by atoms with E-state index < -0.39 is 5.97 Å². The minimum absolute atomic E-state index is 0.229. The molecule has 1 heterocycles. The van der Waals surface area contributed by atoms with Crippen molar-refractivity contribution in [1.82, 2.24) is 4.90 Å². The van der Waals surface area contributed by atoms with Gasteiger partial charge in [0.25, 0.3) is 0 Å². The molecule has 3 nitrogen and oxygen atoms in total. The topological polar surface area (TPSA) is 40.5 Å². The molecule has 1 saturated heterocycles. The molecule has 2 aliphatic rings. The van der Waals surface area contributed by atoms with E-state index in [4.69, 9.17) is 0 Å². The Balaban J connectivity index is 2.11. The van der Waals surface area contributed by atoms with Crippen LogP contribution in [0.1, 0.15) is 52.4 Å². The normalized spacial score (nSPS) is 39.4. The standard InChI is InChI=1S/C14H25NO2/c1-3-11-6-4-5-7-12(11)15-9-8-10(2)13(15)14(16)17/h10-13H,3-9H2,1-2H3,(H,16,17). The van der Waals surface area contributed by atoms with Gasteiger partial charge in [0.1, 0.15) is 6.04 Å². The molecule has 0 aromatic carbocycles. The summed E-state index contributed by atoms with van der Waals surface area (Å²) in [7, 11) is 0. The van der Waals surface area contributed by atoms with Crippen LogP contribution in [0.25, 0.3) is 0 Å². The molecule has 0 radical (unpaired) electrons. The summed E-state index contributed by atoms with van der Waals surface area (Å²) < 4.78 is 0. The quantitative estimate of drug-likeness (QED) is 0.823. The van der Waals surface area contributed by atoms with Gasteiger partial charge in [0.2, 0.25) is 0 Å². The fraction of sp³-hybridized carbons (Fsp3) is 0.929. The van der Waals surface area contributed by atoms with Crippen molar-refractivity contribution in [2.45, 2.75) is 64.5 Å². The molecule has 1 aliphatic carbocycles. The van der Waals surface area contributed by atoms with Gasteiger partial charge in [0.05, 0.1) is 0 Å². The Bertz CT molecular complexity index is 279. The zero-order chi connectivity index (χ0) is 12.4. The van der Waals surface area contributed by atoms with Crippen molar-refractivity contribution in [3.05, 3.63) is 0 Å². The number of carboxylic acids is 1. The Kier molecular flexibility index (Phi) is 4.08. The van der Waals surface area contributed by atoms with Gasteiger partial charge in [-0.3, -0.25) is 9.69 Å². The van der Waals surface area contributed by atoms with Crippen molar-refractivity contribution in [1.29, 1.82) is 0 Å². The Morgan fingerprint density at radius 3 is 2.65 bits per heavy atom. The minimum atomic E-state index is -0.615. The molecule has 0 amide bonds. The van der Waals surface area contributed by atoms with Crippen molar-refractivity contribution in [2.75, 3.05) is 6.54 Å². The maximum Gasteiger partial charge on any atom is 0.321 e. The largest absolute Gasteiger partial charge is 0.480 e. The first-order chi connectivity index (χ1) is 8.15. The molecule has 0 aromatic heterocycles. The van der Waals surface area contributed by atoms with E-state index in [-0.39, 0.29) is 6.04 Å². The summed E-state index contributed by atoms with van der Waals surface area (Å²) in [6, 6.07) is 0.298. The molecule has 1 aliphatic heterocycles. The van der Waals surface area contributed by atoms with Gasteiger partial charge in [-0.05, 0) is 37.6 Å². The summed E-state index contributed by atoms with van der Waals surface area (Å²) in [5.41, 5.74) is 0. The second-order valence-electron chi connectivity index (χ2n) is 5.81. The highest BCUT2D eigenvalue weighted by molar-refractivity contribution is 5.74. The average Bonchev–Trinajstić information content (AvgIpc) is 2.71. The highest BCUT2D eigenvalue weighted by atomic mass is 16.4. The van der Waals surface area contributed by atoms with Crippen LogP contribution < -0.4 is 0 Å². The second kappa shape index (κ2) is 5.38. The lowest BCUT2D eigenvalue weighted by Gasteiger charge is -2.40. The number of nitrogens with zero attached hydrogens (tertiary/aromatic N) is 1. The number of carbonyl (C=O) groups is 1. The van der Waals surface area contributed by atoms with Crippen LogP contribution in [0.5, 0.6) is 0 Å². The van der Waals surface area contributed by atoms with E-state index in [1.54, 1.807) is 0 Å². The summed E-state index contributed by atoms with van der Waals surface area (Å²) >= 11 is 0. The van der Waals surface area contributed by atoms with E-state index in [2.05, 4.69) is 18.7 Å². The summed E-state index contributed by atoms with van der Waals surface area (Å²) in [6.07, 6.45) is 7.34. The van der Waals surface area contributed by atoms with Gasteiger partial charge in [-0.25, -0.2) is 0 Å². The van der Waals surface area contributed by atoms with E-state index in [0.29, 0.717) is 12.0 Å². The van der Waals surface area contributed by atoms with Gasteiger partial charge in [-0.1, -0.05) is 33.1 Å². The maximum absolute atomic E-state index is 11.4. The smallest absolute Gasteiger partial charge is 0.321 e. The number of rotatable bonds is 3. The predicted octanol–water partition coefficient (Wildman–Crippen LogP) is 2.75. The first kappa shape index (κ1) is 12.9. The third-order valence-corrected chi connectivity index (χ3v) is 4.81. The van der Waals surface area contributed by atoms with Crippen molar-refractivity contribution in [2.24, 2.45) is 11.8 Å². The van der Waals surface area contributed by atoms with E-state index in [9.17, 15) is 9.90 Å². The fourth-order valence-electron chi connectivity index (χ4n) is 3.83. The molecule has 0 aromatic rings. The zero-order valence-corrected chi connectivity index (χ0v) is 11.1. The Labute approximate surface area is 104 Å². The monoisotopic (exact) mass is 239 g/mol. The van der Waals surface area contributed by atoms with E-state index in [1.165, 1.54) is 32.1 Å². The fourth-order valence-corrected chi connectivity index (χ4v) is 3.83. The van der Waals surface area contributed by atoms with Crippen molar-refractivity contribution >= 4 is 5.97 Å². The number of aliphatic carboxylic acids is 1. The van der Waals surface area contributed by atoms with Crippen LogP contribution in [-0.4, -0.2) is 34.6 Å². The van der Waals surface area contributed by atoms with Crippen LogP contribution in [0, 0.1) is 11.8 Å². The van der Waals surface area contributed by atoms with E-state index in [0.717, 1.165) is 18.9 Å². The van der Waals surface area contributed by atoms with Crippen LogP contribution in [0.15, 0.2) is 0 Å². The highest BCUT2D eigenvalue weighted by Gasteiger charge is 2.42. The molecule has 2 fully saturated rings. The molecule has 0 spiro atoms. The van der Waals surface area contributed by atoms with Gasteiger partial charge < -0.3 is 5.11 Å². The first-order valence-electron chi connectivity index (χ1n) is 7.13. The number of carboxylic acid groups (broad SMARTS) is 1. The van der Waals surface area contributed by atoms with Gasteiger partial charge in [-0.15, -0.1) is 0 Å². The molecule has 98 valence electrons. The highest BCUT2D eigenvalue weighted by Crippen LogP contribution is 2.36. The second-order valence-corrected chi connectivity index (χ2v) is 5.81. The predicted molar refractivity (Wildman–Crippen MR) is 67.9 cm³/mol. The number of hydrogen-bond acceptors (Lipinski definition) is 2. The summed E-state index contributed by atoms with van der Waals surface area (Å²) in [6.45, 7) is 5.32. The number of hydrogen-bond donors (Lipinski definition) is 1. The van der Waals surface area contributed by atoms with Crippen LogP contribution in [0.3, 0.4) is 0 Å². The lowest BCUT2D eigenvalue weighted by Crippen LogP contribution is -2.49. The Morgan fingerprint density at radius 2 is 2.00 bits per heavy atom.